The average Bonchev–Trinajstić information content (AvgIpc) is 2.12. The second-order valence-corrected chi connectivity index (χ2v) is 3.32. The number of likely N-dealkylation sites (N-methyl/N-ethyl adjacent to an activating group) is 2. The highest BCUT2D eigenvalue weighted by molar-refractivity contribution is 7.16. The molecule has 0 aromatic rings. The van der Waals surface area contributed by atoms with Crippen LogP contribution in [0.1, 0.15) is 0 Å². The summed E-state index contributed by atoms with van der Waals surface area (Å²) >= 11 is 0. The molecule has 0 aliphatic rings. The molecule has 1 amide bonds. The smallest absolute Gasteiger partial charge is 0.236 e. The molecule has 0 aromatic carbocycles. The average molecular weight is 206 g/mol. The molecule has 0 heterocycles. The van der Waals surface area contributed by atoms with E-state index in [1.807, 2.05) is 0 Å². The van der Waals surface area contributed by atoms with Crippen molar-refractivity contribution in [3.05, 3.63) is 0 Å². The lowest BCUT2D eigenvalue weighted by Crippen LogP contribution is -2.36. The molecule has 4 nitrogen and oxygen atoms in total. The van der Waals surface area contributed by atoms with Gasteiger partial charge in [-0.1, -0.05) is 0 Å². The molecule has 0 radical (unpaired) electrons. The molecule has 0 spiro atoms. The van der Waals surface area contributed by atoms with E-state index >= 15 is 0 Å². The van der Waals surface area contributed by atoms with Crippen LogP contribution in [0.4, 0.5) is 0 Å². The molecule has 0 saturated heterocycles. The van der Waals surface area contributed by atoms with Crippen LogP contribution in [-0.2, 0) is 9.53 Å². The molecule has 0 aliphatic carbocycles. The minimum Gasteiger partial charge on any atom is -0.379 e. The maximum atomic E-state index is 11.2. The van der Waals surface area contributed by atoms with Crippen LogP contribution in [0.2, 0.25) is 0 Å². The van der Waals surface area contributed by atoms with E-state index in [1.165, 1.54) is 0 Å². The topological polar surface area (TPSA) is 41.6 Å². The van der Waals surface area contributed by atoms with E-state index < -0.39 is 0 Å². The normalized spacial score (nSPS) is 10.1. The van der Waals surface area contributed by atoms with Gasteiger partial charge in [-0.15, -0.1) is 9.24 Å². The third-order valence-electron chi connectivity index (χ3n) is 1.59. The number of amides is 1. The van der Waals surface area contributed by atoms with Crippen molar-refractivity contribution in [2.24, 2.45) is 0 Å². The van der Waals surface area contributed by atoms with Gasteiger partial charge in [-0.2, -0.15) is 0 Å². The number of carbonyl (C=O) groups is 1. The third kappa shape index (κ3) is 6.94. The fourth-order valence-electron chi connectivity index (χ4n) is 0.798. The Hall–Kier alpha value is -0.180. The molecule has 78 valence electrons. The molecule has 0 aromatic heterocycles. The maximum absolute atomic E-state index is 11.2. The Kier molecular flexibility index (Phi) is 8.30. The number of carbonyl (C=O) groups excluding carboxylic acids is 1. The molecule has 0 rings (SSSR count). The predicted molar refractivity (Wildman–Crippen MR) is 57.0 cm³/mol. The van der Waals surface area contributed by atoms with Crippen LogP contribution >= 0.6 is 9.24 Å². The minimum atomic E-state index is 0.0944. The Bertz CT molecular complexity index is 144. The van der Waals surface area contributed by atoms with E-state index in [9.17, 15) is 4.79 Å². The Morgan fingerprint density at radius 2 is 2.23 bits per heavy atom. The molecule has 1 atom stereocenters. The van der Waals surface area contributed by atoms with Gasteiger partial charge in [-0.3, -0.25) is 4.79 Å². The molecular weight excluding hydrogens is 187 g/mol. The van der Waals surface area contributed by atoms with E-state index in [0.29, 0.717) is 19.7 Å². The van der Waals surface area contributed by atoms with Crippen molar-refractivity contribution in [3.63, 3.8) is 0 Å². The van der Waals surface area contributed by atoms with Gasteiger partial charge in [0.15, 0.2) is 0 Å². The lowest BCUT2D eigenvalue weighted by molar-refractivity contribution is -0.129. The number of nitrogens with one attached hydrogen (secondary N) is 1. The molecule has 1 N–H and O–H groups in total. The first-order chi connectivity index (χ1) is 6.22. The van der Waals surface area contributed by atoms with E-state index in [2.05, 4.69) is 14.6 Å². The van der Waals surface area contributed by atoms with Gasteiger partial charge >= 0.3 is 0 Å². The lowest BCUT2D eigenvalue weighted by atomic mass is 10.5. The fraction of sp³-hybridized carbons (Fsp3) is 0.875. The first-order valence-electron chi connectivity index (χ1n) is 4.38. The molecule has 0 fully saturated rings. The zero-order chi connectivity index (χ0) is 10.1. The van der Waals surface area contributed by atoms with Gasteiger partial charge in [0, 0.05) is 13.6 Å². The highest BCUT2D eigenvalue weighted by Gasteiger charge is 2.05. The van der Waals surface area contributed by atoms with Gasteiger partial charge in [0.1, 0.15) is 0 Å². The van der Waals surface area contributed by atoms with Crippen molar-refractivity contribution in [3.8, 4) is 0 Å². The SMILES string of the molecule is CNCC(=O)N(C)CCOCCP. The van der Waals surface area contributed by atoms with Crippen LogP contribution in [0, 0.1) is 0 Å². The highest BCUT2D eigenvalue weighted by Crippen LogP contribution is 1.86. The van der Waals surface area contributed by atoms with Crippen LogP contribution in [0.3, 0.4) is 0 Å². The van der Waals surface area contributed by atoms with E-state index in [-0.39, 0.29) is 5.91 Å². The molecule has 0 bridgehead atoms. The molecular formula is C8H19N2O2P. The Morgan fingerprint density at radius 1 is 1.54 bits per heavy atom. The number of hydrogen-bond donors (Lipinski definition) is 1. The lowest BCUT2D eigenvalue weighted by Gasteiger charge is -2.16. The number of ether oxygens (including phenoxy) is 1. The quantitative estimate of drug-likeness (QED) is 0.453. The molecule has 0 saturated carbocycles. The van der Waals surface area contributed by atoms with Gasteiger partial charge in [-0.25, -0.2) is 0 Å². The van der Waals surface area contributed by atoms with Crippen molar-refractivity contribution >= 4 is 15.1 Å². The van der Waals surface area contributed by atoms with Crippen molar-refractivity contribution in [2.75, 3.05) is 46.6 Å². The van der Waals surface area contributed by atoms with Crippen LogP contribution in [-0.4, -0.2) is 57.4 Å². The van der Waals surface area contributed by atoms with E-state index in [4.69, 9.17) is 4.74 Å². The molecule has 13 heavy (non-hydrogen) atoms. The summed E-state index contributed by atoms with van der Waals surface area (Å²) in [6, 6.07) is 0. The summed E-state index contributed by atoms with van der Waals surface area (Å²) in [7, 11) is 6.14. The second kappa shape index (κ2) is 8.42. The summed E-state index contributed by atoms with van der Waals surface area (Å²) in [6.45, 7) is 2.39. The number of rotatable bonds is 7. The van der Waals surface area contributed by atoms with Crippen LogP contribution in [0.25, 0.3) is 0 Å². The third-order valence-corrected chi connectivity index (χ3v) is 1.82. The zero-order valence-electron chi connectivity index (χ0n) is 8.38. The summed E-state index contributed by atoms with van der Waals surface area (Å²) in [5.74, 6) is 0.0944. The van der Waals surface area contributed by atoms with Gasteiger partial charge in [0.2, 0.25) is 5.91 Å². The summed E-state index contributed by atoms with van der Waals surface area (Å²) in [5.41, 5.74) is 0. The maximum Gasteiger partial charge on any atom is 0.236 e. The molecule has 0 aliphatic heterocycles. The fourth-order valence-corrected chi connectivity index (χ4v) is 0.964. The number of hydrogen-bond acceptors (Lipinski definition) is 3. The van der Waals surface area contributed by atoms with Crippen molar-refractivity contribution in [2.45, 2.75) is 0 Å². The largest absolute Gasteiger partial charge is 0.379 e. The van der Waals surface area contributed by atoms with Crippen molar-refractivity contribution in [1.82, 2.24) is 10.2 Å². The van der Waals surface area contributed by atoms with Crippen LogP contribution < -0.4 is 5.32 Å². The predicted octanol–water partition coefficient (Wildman–Crippen LogP) is -0.444. The van der Waals surface area contributed by atoms with Gasteiger partial charge in [0.05, 0.1) is 19.8 Å². The van der Waals surface area contributed by atoms with Gasteiger partial charge in [0.25, 0.3) is 0 Å². The standard InChI is InChI=1S/C8H19N2O2P/c1-9-7-8(11)10(2)3-4-12-5-6-13/h9H,3-7,13H2,1-2H3. The Balaban J connectivity index is 3.38. The van der Waals surface area contributed by atoms with E-state index in [0.717, 1.165) is 12.8 Å². The molecule has 5 heteroatoms. The van der Waals surface area contributed by atoms with Crippen molar-refractivity contribution < 1.29 is 9.53 Å². The first kappa shape index (κ1) is 12.8. The van der Waals surface area contributed by atoms with Crippen molar-refractivity contribution in [1.29, 1.82) is 0 Å². The monoisotopic (exact) mass is 206 g/mol. The Labute approximate surface area is 82.2 Å². The van der Waals surface area contributed by atoms with Gasteiger partial charge in [-0.05, 0) is 13.2 Å². The summed E-state index contributed by atoms with van der Waals surface area (Å²) in [6.07, 6.45) is 0.939. The van der Waals surface area contributed by atoms with Crippen LogP contribution in [0.15, 0.2) is 0 Å². The van der Waals surface area contributed by atoms with Gasteiger partial charge < -0.3 is 15.0 Å². The second-order valence-electron chi connectivity index (χ2n) is 2.75. The zero-order valence-corrected chi connectivity index (χ0v) is 9.53. The first-order valence-corrected chi connectivity index (χ1v) is 5.20. The van der Waals surface area contributed by atoms with Crippen LogP contribution in [0.5, 0.6) is 0 Å². The number of nitrogens with zero attached hydrogens (tertiary/aromatic N) is 1. The summed E-state index contributed by atoms with van der Waals surface area (Å²) in [4.78, 5) is 12.9. The minimum absolute atomic E-state index is 0.0944. The summed E-state index contributed by atoms with van der Waals surface area (Å²) < 4.78 is 5.25. The molecule has 1 unspecified atom stereocenters. The summed E-state index contributed by atoms with van der Waals surface area (Å²) in [5, 5.41) is 2.81. The highest BCUT2D eigenvalue weighted by atomic mass is 31.0. The Morgan fingerprint density at radius 3 is 2.77 bits per heavy atom. The van der Waals surface area contributed by atoms with E-state index in [1.54, 1.807) is 19.0 Å².